The number of aromatic nitrogens is 3. The fourth-order valence-corrected chi connectivity index (χ4v) is 5.92. The van der Waals surface area contributed by atoms with E-state index in [4.69, 9.17) is 10.5 Å². The van der Waals surface area contributed by atoms with Crippen molar-refractivity contribution in [1.82, 2.24) is 14.8 Å². The minimum absolute atomic E-state index is 0.178. The number of anilines is 4. The number of rotatable bonds is 7. The summed E-state index contributed by atoms with van der Waals surface area (Å²) in [7, 11) is 0. The molecule has 3 aromatic carbocycles. The number of ketones is 1. The molecule has 1 aliphatic rings. The van der Waals surface area contributed by atoms with Crippen LogP contribution in [0.4, 0.5) is 26.7 Å². The summed E-state index contributed by atoms with van der Waals surface area (Å²) in [6, 6.07) is 21.5. The lowest BCUT2D eigenvalue weighted by Crippen LogP contribution is -2.37. The molecule has 8 nitrogen and oxygen atoms in total. The lowest BCUT2D eigenvalue weighted by atomic mass is 10.0. The number of benzene rings is 3. The molecule has 3 N–H and O–H groups in total. The van der Waals surface area contributed by atoms with Gasteiger partial charge in [0.25, 0.3) is 0 Å². The Hall–Kier alpha value is -4.54. The monoisotopic (exact) mass is 568 g/mol. The third-order valence-corrected chi connectivity index (χ3v) is 8.32. The second-order valence-electron chi connectivity index (χ2n) is 9.90. The topological polar surface area (TPSA) is 98.3 Å². The molecule has 0 spiro atoms. The summed E-state index contributed by atoms with van der Waals surface area (Å²) >= 11 is 1.25. The van der Waals surface area contributed by atoms with Gasteiger partial charge in [0.15, 0.2) is 5.82 Å². The summed E-state index contributed by atoms with van der Waals surface area (Å²) in [5.41, 5.74) is 11.9. The average molecular weight is 569 g/mol. The lowest BCUT2D eigenvalue weighted by Gasteiger charge is -2.28. The van der Waals surface area contributed by atoms with Gasteiger partial charge in [-0.15, -0.1) is 21.5 Å². The first-order valence-electron chi connectivity index (χ1n) is 13.3. The van der Waals surface area contributed by atoms with Gasteiger partial charge in [0.2, 0.25) is 11.7 Å². The SMILES string of the molecule is Cc1ccc(C(=O)c2sc(Nc3ccc(F)cc3)c(-c3nnc(N4CCOCC4)n3-c3ccccc3)c2N)cc1C. The summed E-state index contributed by atoms with van der Waals surface area (Å²) < 4.78 is 21.2. The number of morpholine rings is 1. The molecular weight excluding hydrogens is 539 g/mol. The van der Waals surface area contributed by atoms with Crippen LogP contribution in [-0.4, -0.2) is 46.9 Å². The van der Waals surface area contributed by atoms with Gasteiger partial charge < -0.3 is 20.7 Å². The number of thiophene rings is 1. The zero-order valence-electron chi connectivity index (χ0n) is 22.7. The molecule has 10 heteroatoms. The second-order valence-corrected chi connectivity index (χ2v) is 10.9. The van der Waals surface area contributed by atoms with E-state index in [2.05, 4.69) is 20.4 Å². The molecule has 208 valence electrons. The van der Waals surface area contributed by atoms with Gasteiger partial charge in [0, 0.05) is 24.3 Å². The molecule has 1 fully saturated rings. The van der Waals surface area contributed by atoms with E-state index in [1.807, 2.05) is 66.9 Å². The van der Waals surface area contributed by atoms with Crippen molar-refractivity contribution in [3.05, 3.63) is 100 Å². The molecule has 41 heavy (non-hydrogen) atoms. The first-order valence-corrected chi connectivity index (χ1v) is 14.1. The number of ether oxygens (including phenoxy) is 1. The third kappa shape index (κ3) is 5.19. The van der Waals surface area contributed by atoms with Gasteiger partial charge >= 0.3 is 0 Å². The normalized spacial score (nSPS) is 13.4. The largest absolute Gasteiger partial charge is 0.397 e. The highest BCUT2D eigenvalue weighted by atomic mass is 32.1. The molecule has 0 atom stereocenters. The fraction of sp³-hybridized carbons (Fsp3) is 0.194. The van der Waals surface area contributed by atoms with E-state index in [1.165, 1.54) is 23.5 Å². The highest BCUT2D eigenvalue weighted by molar-refractivity contribution is 7.19. The molecule has 2 aromatic heterocycles. The molecule has 0 amide bonds. The molecular formula is C31H29FN6O2S. The maximum absolute atomic E-state index is 13.8. The molecule has 1 aliphatic heterocycles. The smallest absolute Gasteiger partial charge is 0.232 e. The quantitative estimate of drug-likeness (QED) is 0.227. The van der Waals surface area contributed by atoms with Gasteiger partial charge in [-0.3, -0.25) is 9.36 Å². The number of nitrogen functional groups attached to an aromatic ring is 1. The van der Waals surface area contributed by atoms with Crippen LogP contribution in [0.3, 0.4) is 0 Å². The van der Waals surface area contributed by atoms with Crippen molar-refractivity contribution in [2.45, 2.75) is 13.8 Å². The Morgan fingerprint density at radius 1 is 0.976 bits per heavy atom. The number of nitrogens with two attached hydrogens (primary N) is 1. The van der Waals surface area contributed by atoms with Crippen molar-refractivity contribution in [1.29, 1.82) is 0 Å². The highest BCUT2D eigenvalue weighted by Gasteiger charge is 2.30. The van der Waals surface area contributed by atoms with E-state index < -0.39 is 0 Å². The Balaban J connectivity index is 1.54. The van der Waals surface area contributed by atoms with Crippen LogP contribution in [0.25, 0.3) is 17.1 Å². The molecule has 0 saturated carbocycles. The maximum Gasteiger partial charge on any atom is 0.232 e. The highest BCUT2D eigenvalue weighted by Crippen LogP contribution is 2.46. The summed E-state index contributed by atoms with van der Waals surface area (Å²) in [5, 5.41) is 13.2. The van der Waals surface area contributed by atoms with E-state index in [9.17, 15) is 9.18 Å². The van der Waals surface area contributed by atoms with Gasteiger partial charge in [0.05, 0.1) is 30.2 Å². The Bertz CT molecular complexity index is 1710. The number of para-hydroxylation sites is 1. The van der Waals surface area contributed by atoms with Gasteiger partial charge in [-0.05, 0) is 67.4 Å². The van der Waals surface area contributed by atoms with Crippen molar-refractivity contribution in [3.63, 3.8) is 0 Å². The number of aryl methyl sites for hydroxylation is 2. The number of hydrogen-bond donors (Lipinski definition) is 2. The van der Waals surface area contributed by atoms with Gasteiger partial charge in [-0.25, -0.2) is 4.39 Å². The van der Waals surface area contributed by atoms with Crippen molar-refractivity contribution in [3.8, 4) is 17.1 Å². The molecule has 6 rings (SSSR count). The third-order valence-electron chi connectivity index (χ3n) is 7.20. The number of halogens is 1. The van der Waals surface area contributed by atoms with Crippen LogP contribution in [0.1, 0.15) is 26.4 Å². The summed E-state index contributed by atoms with van der Waals surface area (Å²) in [6.07, 6.45) is 0. The van der Waals surface area contributed by atoms with Crippen molar-refractivity contribution in [2.24, 2.45) is 0 Å². The standard InChI is InChI=1S/C31H29FN6O2S/c1-19-8-9-21(18-20(19)2)27(39)28-26(33)25(30(41-28)34-23-12-10-22(32)11-13-23)29-35-36-31(37-14-16-40-17-15-37)38(29)24-6-4-3-5-7-24/h3-13,18,34H,14-17,33H2,1-2H3. The van der Waals surface area contributed by atoms with Crippen LogP contribution in [0, 0.1) is 19.7 Å². The molecule has 5 aromatic rings. The van der Waals surface area contributed by atoms with E-state index in [0.29, 0.717) is 70.5 Å². The van der Waals surface area contributed by atoms with Crippen LogP contribution in [0.15, 0.2) is 72.8 Å². The van der Waals surface area contributed by atoms with Crippen LogP contribution >= 0.6 is 11.3 Å². The molecule has 1 saturated heterocycles. The number of carbonyl (C=O) groups is 1. The zero-order chi connectivity index (χ0) is 28.5. The minimum Gasteiger partial charge on any atom is -0.397 e. The molecule has 3 heterocycles. The molecule has 0 radical (unpaired) electrons. The average Bonchev–Trinajstić information content (AvgIpc) is 3.57. The van der Waals surface area contributed by atoms with E-state index in [-0.39, 0.29) is 11.6 Å². The first-order chi connectivity index (χ1) is 19.9. The zero-order valence-corrected chi connectivity index (χ0v) is 23.5. The maximum atomic E-state index is 13.8. The van der Waals surface area contributed by atoms with Crippen LogP contribution in [-0.2, 0) is 4.74 Å². The van der Waals surface area contributed by atoms with Crippen molar-refractivity contribution >= 4 is 39.4 Å². The predicted octanol–water partition coefficient (Wildman–Crippen LogP) is 6.15. The van der Waals surface area contributed by atoms with Crippen LogP contribution < -0.4 is 16.0 Å². The van der Waals surface area contributed by atoms with E-state index in [1.54, 1.807) is 12.1 Å². The minimum atomic E-state index is -0.342. The predicted molar refractivity (Wildman–Crippen MR) is 161 cm³/mol. The van der Waals surface area contributed by atoms with Gasteiger partial charge in [-0.1, -0.05) is 30.3 Å². The Labute approximate surface area is 241 Å². The second kappa shape index (κ2) is 11.1. The Morgan fingerprint density at radius 2 is 1.71 bits per heavy atom. The number of nitrogens with one attached hydrogen (secondary N) is 1. The van der Waals surface area contributed by atoms with E-state index in [0.717, 1.165) is 16.8 Å². The molecule has 0 bridgehead atoms. The van der Waals surface area contributed by atoms with E-state index >= 15 is 0 Å². The van der Waals surface area contributed by atoms with Gasteiger partial charge in [-0.2, -0.15) is 0 Å². The van der Waals surface area contributed by atoms with Crippen molar-refractivity contribution < 1.29 is 13.9 Å². The van der Waals surface area contributed by atoms with Crippen LogP contribution in [0.5, 0.6) is 0 Å². The first kappa shape index (κ1) is 26.7. The number of carbonyl (C=O) groups excluding carboxylic acids is 1. The number of nitrogens with zero attached hydrogens (tertiary/aromatic N) is 4. The van der Waals surface area contributed by atoms with Gasteiger partial charge in [0.1, 0.15) is 15.7 Å². The summed E-state index contributed by atoms with van der Waals surface area (Å²) in [4.78, 5) is 16.3. The number of hydrogen-bond acceptors (Lipinski definition) is 8. The summed E-state index contributed by atoms with van der Waals surface area (Å²) in [6.45, 7) is 6.50. The fourth-order valence-electron chi connectivity index (χ4n) is 4.82. The van der Waals surface area contributed by atoms with Crippen LogP contribution in [0.2, 0.25) is 0 Å². The Kier molecular flexibility index (Phi) is 7.25. The molecule has 0 aliphatic carbocycles. The Morgan fingerprint density at radius 3 is 2.41 bits per heavy atom. The lowest BCUT2D eigenvalue weighted by molar-refractivity contribution is 0.104. The molecule has 0 unspecified atom stereocenters. The summed E-state index contributed by atoms with van der Waals surface area (Å²) in [5.74, 6) is 0.638. The van der Waals surface area contributed by atoms with Crippen molar-refractivity contribution in [2.75, 3.05) is 42.3 Å².